The molecule has 0 bridgehead atoms. The van der Waals surface area contributed by atoms with Gasteiger partial charge in [-0.15, -0.1) is 12.4 Å². The summed E-state index contributed by atoms with van der Waals surface area (Å²) in [5.74, 6) is -0.410. The zero-order chi connectivity index (χ0) is 13.0. The van der Waals surface area contributed by atoms with E-state index in [4.69, 9.17) is 5.73 Å². The molecule has 19 heavy (non-hydrogen) atoms. The van der Waals surface area contributed by atoms with Crippen LogP contribution in [0.1, 0.15) is 28.8 Å². The molecule has 1 fully saturated rings. The molecular weight excluding hydrogens is 266 g/mol. The highest BCUT2D eigenvalue weighted by Gasteiger charge is 2.21. The molecule has 4 N–H and O–H groups in total. The van der Waals surface area contributed by atoms with Crippen molar-refractivity contribution in [1.29, 1.82) is 0 Å². The second-order valence-corrected chi connectivity index (χ2v) is 4.43. The van der Waals surface area contributed by atoms with Crippen LogP contribution in [0.2, 0.25) is 0 Å². The quantitative estimate of drug-likeness (QED) is 0.755. The number of amides is 2. The molecule has 0 aromatic heterocycles. The molecule has 2 rings (SSSR count). The third-order valence-electron chi connectivity index (χ3n) is 3.08. The number of rotatable bonds is 4. The summed E-state index contributed by atoms with van der Waals surface area (Å²) in [6, 6.07) is 6.86. The average Bonchev–Trinajstić information content (AvgIpc) is 2.90. The van der Waals surface area contributed by atoms with Gasteiger partial charge in [0.2, 0.25) is 11.8 Å². The van der Waals surface area contributed by atoms with Gasteiger partial charge >= 0.3 is 0 Å². The lowest BCUT2D eigenvalue weighted by Crippen LogP contribution is -2.39. The third kappa shape index (κ3) is 4.22. The maximum atomic E-state index is 11.7. The zero-order valence-corrected chi connectivity index (χ0v) is 11.3. The van der Waals surface area contributed by atoms with Gasteiger partial charge in [0.1, 0.15) is 0 Å². The van der Waals surface area contributed by atoms with E-state index < -0.39 is 5.91 Å². The summed E-state index contributed by atoms with van der Waals surface area (Å²) in [6.45, 7) is 1.38. The molecule has 2 amide bonds. The number of hydrogen-bond donors (Lipinski definition) is 3. The van der Waals surface area contributed by atoms with Gasteiger partial charge in [-0.3, -0.25) is 9.59 Å². The Hall–Kier alpha value is -1.59. The van der Waals surface area contributed by atoms with E-state index in [1.165, 1.54) is 0 Å². The first-order valence-corrected chi connectivity index (χ1v) is 6.06. The first kappa shape index (κ1) is 15.5. The van der Waals surface area contributed by atoms with E-state index in [-0.39, 0.29) is 24.4 Å². The standard InChI is InChI=1S/C13H17N3O2.ClH/c14-12(17)10-5-3-9(4-6-10)8-16-13(18)11-2-1-7-15-11;/h3-6,11,15H,1-2,7-8H2,(H2,14,17)(H,16,18);1H. The molecule has 1 aromatic rings. The molecule has 1 aliphatic rings. The number of nitrogens with two attached hydrogens (primary N) is 1. The van der Waals surface area contributed by atoms with Crippen LogP contribution < -0.4 is 16.4 Å². The molecule has 1 aliphatic heterocycles. The van der Waals surface area contributed by atoms with Crippen molar-refractivity contribution < 1.29 is 9.59 Å². The Labute approximate surface area is 118 Å². The van der Waals surface area contributed by atoms with Crippen molar-refractivity contribution in [1.82, 2.24) is 10.6 Å². The molecule has 1 unspecified atom stereocenters. The normalized spacial score (nSPS) is 17.6. The van der Waals surface area contributed by atoms with E-state index in [2.05, 4.69) is 10.6 Å². The van der Waals surface area contributed by atoms with Crippen LogP contribution in [0.3, 0.4) is 0 Å². The van der Waals surface area contributed by atoms with E-state index in [9.17, 15) is 9.59 Å². The lowest BCUT2D eigenvalue weighted by Gasteiger charge is -2.11. The minimum atomic E-state index is -0.444. The van der Waals surface area contributed by atoms with E-state index in [1.54, 1.807) is 24.3 Å². The van der Waals surface area contributed by atoms with Crippen molar-refractivity contribution in [2.45, 2.75) is 25.4 Å². The van der Waals surface area contributed by atoms with Crippen LogP contribution in [0, 0.1) is 0 Å². The van der Waals surface area contributed by atoms with Crippen molar-refractivity contribution in [3.63, 3.8) is 0 Å². The topological polar surface area (TPSA) is 84.2 Å². The number of benzene rings is 1. The number of hydrogen-bond acceptors (Lipinski definition) is 3. The minimum Gasteiger partial charge on any atom is -0.366 e. The molecule has 5 nitrogen and oxygen atoms in total. The first-order valence-electron chi connectivity index (χ1n) is 6.06. The van der Waals surface area contributed by atoms with Crippen LogP contribution in [0.5, 0.6) is 0 Å². The van der Waals surface area contributed by atoms with Crippen LogP contribution in [-0.4, -0.2) is 24.4 Å². The highest BCUT2D eigenvalue weighted by Crippen LogP contribution is 2.06. The number of nitrogens with one attached hydrogen (secondary N) is 2. The highest BCUT2D eigenvalue weighted by molar-refractivity contribution is 5.92. The van der Waals surface area contributed by atoms with Crippen LogP contribution in [0.4, 0.5) is 0 Å². The van der Waals surface area contributed by atoms with Crippen molar-refractivity contribution in [3.05, 3.63) is 35.4 Å². The van der Waals surface area contributed by atoms with Gasteiger partial charge in [-0.2, -0.15) is 0 Å². The van der Waals surface area contributed by atoms with Crippen LogP contribution in [-0.2, 0) is 11.3 Å². The fraction of sp³-hybridized carbons (Fsp3) is 0.385. The molecule has 1 aromatic carbocycles. The summed E-state index contributed by atoms with van der Waals surface area (Å²) >= 11 is 0. The summed E-state index contributed by atoms with van der Waals surface area (Å²) in [5.41, 5.74) is 6.58. The monoisotopic (exact) mass is 283 g/mol. The van der Waals surface area contributed by atoms with E-state index in [0.29, 0.717) is 12.1 Å². The lowest BCUT2D eigenvalue weighted by atomic mass is 10.1. The number of halogens is 1. The predicted octanol–water partition coefficient (Wildman–Crippen LogP) is 0.575. The fourth-order valence-corrected chi connectivity index (χ4v) is 2.01. The molecule has 0 spiro atoms. The number of carbonyl (C=O) groups excluding carboxylic acids is 2. The first-order chi connectivity index (χ1) is 8.66. The largest absolute Gasteiger partial charge is 0.366 e. The zero-order valence-electron chi connectivity index (χ0n) is 10.5. The molecule has 104 valence electrons. The molecule has 1 saturated heterocycles. The third-order valence-corrected chi connectivity index (χ3v) is 3.08. The van der Waals surface area contributed by atoms with Gasteiger partial charge in [0.05, 0.1) is 6.04 Å². The maximum absolute atomic E-state index is 11.7. The Morgan fingerprint density at radius 3 is 2.53 bits per heavy atom. The molecule has 1 heterocycles. The van der Waals surface area contributed by atoms with Crippen molar-refractivity contribution in [2.24, 2.45) is 5.73 Å². The average molecular weight is 284 g/mol. The Bertz CT molecular complexity index is 442. The minimum absolute atomic E-state index is 0. The maximum Gasteiger partial charge on any atom is 0.248 e. The summed E-state index contributed by atoms with van der Waals surface area (Å²) in [6.07, 6.45) is 1.94. The Balaban J connectivity index is 0.00000180. The van der Waals surface area contributed by atoms with Crippen molar-refractivity contribution in [2.75, 3.05) is 6.54 Å². The summed E-state index contributed by atoms with van der Waals surface area (Å²) in [7, 11) is 0. The van der Waals surface area contributed by atoms with E-state index in [0.717, 1.165) is 24.9 Å². The molecular formula is C13H18ClN3O2. The summed E-state index contributed by atoms with van der Waals surface area (Å²) in [4.78, 5) is 22.6. The van der Waals surface area contributed by atoms with Crippen LogP contribution in [0.15, 0.2) is 24.3 Å². The fourth-order valence-electron chi connectivity index (χ4n) is 2.01. The Kier molecular flexibility index (Phi) is 5.79. The lowest BCUT2D eigenvalue weighted by molar-refractivity contribution is -0.122. The van der Waals surface area contributed by atoms with Gasteiger partial charge in [-0.25, -0.2) is 0 Å². The van der Waals surface area contributed by atoms with Crippen molar-refractivity contribution in [3.8, 4) is 0 Å². The van der Waals surface area contributed by atoms with Gasteiger partial charge in [0.15, 0.2) is 0 Å². The summed E-state index contributed by atoms with van der Waals surface area (Å²) in [5, 5.41) is 6.02. The van der Waals surface area contributed by atoms with Gasteiger partial charge in [-0.1, -0.05) is 12.1 Å². The van der Waals surface area contributed by atoms with Gasteiger partial charge in [0.25, 0.3) is 0 Å². The predicted molar refractivity (Wildman–Crippen MR) is 75.1 cm³/mol. The Morgan fingerprint density at radius 1 is 1.32 bits per heavy atom. The molecule has 0 saturated carbocycles. The van der Waals surface area contributed by atoms with Gasteiger partial charge in [-0.05, 0) is 37.1 Å². The SMILES string of the molecule is Cl.NC(=O)c1ccc(CNC(=O)C2CCCN2)cc1. The number of carbonyl (C=O) groups is 2. The van der Waals surface area contributed by atoms with Gasteiger partial charge < -0.3 is 16.4 Å². The highest BCUT2D eigenvalue weighted by atomic mass is 35.5. The molecule has 0 radical (unpaired) electrons. The van der Waals surface area contributed by atoms with Gasteiger partial charge in [0, 0.05) is 12.1 Å². The molecule has 6 heteroatoms. The van der Waals surface area contributed by atoms with E-state index >= 15 is 0 Å². The van der Waals surface area contributed by atoms with E-state index in [1.807, 2.05) is 0 Å². The smallest absolute Gasteiger partial charge is 0.248 e. The van der Waals surface area contributed by atoms with Crippen LogP contribution in [0.25, 0.3) is 0 Å². The summed E-state index contributed by atoms with van der Waals surface area (Å²) < 4.78 is 0. The second kappa shape index (κ2) is 7.11. The number of primary amides is 1. The molecule has 1 atom stereocenters. The second-order valence-electron chi connectivity index (χ2n) is 4.43. The Morgan fingerprint density at radius 2 is 2.00 bits per heavy atom. The molecule has 0 aliphatic carbocycles. The van der Waals surface area contributed by atoms with Crippen LogP contribution >= 0.6 is 12.4 Å². The van der Waals surface area contributed by atoms with Crippen molar-refractivity contribution >= 4 is 24.2 Å².